The Balaban J connectivity index is 2.11. The summed E-state index contributed by atoms with van der Waals surface area (Å²) in [6, 6.07) is 0.488. The highest BCUT2D eigenvalue weighted by Crippen LogP contribution is 2.01. The molecule has 1 aromatic rings. The minimum atomic E-state index is 0.488. The number of nitrogens with zero attached hydrogens (tertiary/aromatic N) is 1. The van der Waals surface area contributed by atoms with E-state index in [9.17, 15) is 0 Å². The lowest BCUT2D eigenvalue weighted by Gasteiger charge is -2.11. The lowest BCUT2D eigenvalue weighted by molar-refractivity contribution is 0.184. The van der Waals surface area contributed by atoms with Crippen LogP contribution in [0.15, 0.2) is 10.9 Å². The van der Waals surface area contributed by atoms with Crippen LogP contribution in [0.5, 0.6) is 0 Å². The number of aromatic nitrogens is 1. The molecule has 0 aromatic carbocycles. The van der Waals surface area contributed by atoms with Crippen molar-refractivity contribution in [2.75, 3.05) is 13.7 Å². The quantitative estimate of drug-likeness (QED) is 0.758. The molecule has 1 aromatic heterocycles. The van der Waals surface area contributed by atoms with Crippen LogP contribution in [-0.4, -0.2) is 24.7 Å². The second kappa shape index (κ2) is 6.07. The average Bonchev–Trinajstić information content (AvgIpc) is 2.64. The summed E-state index contributed by atoms with van der Waals surface area (Å²) in [7, 11) is 1.73. The first-order chi connectivity index (χ1) is 6.33. The molecule has 0 aliphatic heterocycles. The maximum Gasteiger partial charge on any atom is 0.0795 e. The standard InChI is InChI=1S/C9H16N2OS/c1-8(3-4-12-2)10-5-9-6-13-7-11-9/h6-8,10H,3-5H2,1-2H3. The van der Waals surface area contributed by atoms with Crippen LogP contribution in [0, 0.1) is 0 Å². The average molecular weight is 200 g/mol. The molecule has 0 amide bonds. The van der Waals surface area contributed by atoms with E-state index in [4.69, 9.17) is 4.74 Å². The van der Waals surface area contributed by atoms with Gasteiger partial charge in [0.2, 0.25) is 0 Å². The third-order valence-corrected chi connectivity index (χ3v) is 2.51. The van der Waals surface area contributed by atoms with E-state index < -0.39 is 0 Å². The Hall–Kier alpha value is -0.450. The number of rotatable bonds is 6. The van der Waals surface area contributed by atoms with Gasteiger partial charge in [0.15, 0.2) is 0 Å². The van der Waals surface area contributed by atoms with E-state index in [1.54, 1.807) is 18.4 Å². The first kappa shape index (κ1) is 10.6. The summed E-state index contributed by atoms with van der Waals surface area (Å²) in [5.74, 6) is 0. The highest BCUT2D eigenvalue weighted by Gasteiger charge is 2.01. The zero-order valence-corrected chi connectivity index (χ0v) is 8.93. The Morgan fingerprint density at radius 1 is 1.69 bits per heavy atom. The molecule has 1 N–H and O–H groups in total. The third kappa shape index (κ3) is 4.36. The third-order valence-electron chi connectivity index (χ3n) is 1.87. The van der Waals surface area contributed by atoms with Crippen molar-refractivity contribution >= 4 is 11.3 Å². The van der Waals surface area contributed by atoms with Crippen molar-refractivity contribution in [3.8, 4) is 0 Å². The van der Waals surface area contributed by atoms with Gasteiger partial charge in [-0.15, -0.1) is 11.3 Å². The predicted octanol–water partition coefficient (Wildman–Crippen LogP) is 1.66. The van der Waals surface area contributed by atoms with Gasteiger partial charge in [-0.3, -0.25) is 0 Å². The Morgan fingerprint density at radius 3 is 3.15 bits per heavy atom. The Morgan fingerprint density at radius 2 is 2.54 bits per heavy atom. The van der Waals surface area contributed by atoms with E-state index in [1.165, 1.54) is 0 Å². The zero-order chi connectivity index (χ0) is 9.52. The smallest absolute Gasteiger partial charge is 0.0795 e. The molecular formula is C9H16N2OS. The van der Waals surface area contributed by atoms with Crippen molar-refractivity contribution in [2.24, 2.45) is 0 Å². The molecular weight excluding hydrogens is 184 g/mol. The van der Waals surface area contributed by atoms with Crippen molar-refractivity contribution in [1.82, 2.24) is 10.3 Å². The summed E-state index contributed by atoms with van der Waals surface area (Å²) in [6.45, 7) is 3.82. The van der Waals surface area contributed by atoms with Gasteiger partial charge in [0, 0.05) is 31.7 Å². The number of ether oxygens (including phenoxy) is 1. The molecule has 0 fully saturated rings. The highest BCUT2D eigenvalue weighted by atomic mass is 32.1. The molecule has 0 saturated carbocycles. The van der Waals surface area contributed by atoms with Crippen LogP contribution in [0.25, 0.3) is 0 Å². The van der Waals surface area contributed by atoms with Crippen LogP contribution in [-0.2, 0) is 11.3 Å². The Labute approximate surface area is 83.1 Å². The second-order valence-corrected chi connectivity index (χ2v) is 3.76. The maximum absolute atomic E-state index is 5.00. The van der Waals surface area contributed by atoms with Crippen molar-refractivity contribution in [3.63, 3.8) is 0 Å². The molecule has 0 aliphatic carbocycles. The van der Waals surface area contributed by atoms with Gasteiger partial charge in [-0.2, -0.15) is 0 Å². The summed E-state index contributed by atoms with van der Waals surface area (Å²) >= 11 is 1.63. The number of hydrogen-bond donors (Lipinski definition) is 1. The molecule has 0 bridgehead atoms. The largest absolute Gasteiger partial charge is 0.385 e. The first-order valence-corrected chi connectivity index (χ1v) is 5.36. The van der Waals surface area contributed by atoms with Gasteiger partial charge in [0.05, 0.1) is 11.2 Å². The zero-order valence-electron chi connectivity index (χ0n) is 8.12. The fourth-order valence-electron chi connectivity index (χ4n) is 1.00. The SMILES string of the molecule is COCCC(C)NCc1cscn1. The van der Waals surface area contributed by atoms with E-state index in [-0.39, 0.29) is 0 Å². The van der Waals surface area contributed by atoms with Crippen LogP contribution in [0.3, 0.4) is 0 Å². The first-order valence-electron chi connectivity index (χ1n) is 4.42. The Bertz CT molecular complexity index is 213. The molecule has 1 heterocycles. The lowest BCUT2D eigenvalue weighted by Crippen LogP contribution is -2.26. The van der Waals surface area contributed by atoms with E-state index >= 15 is 0 Å². The normalized spacial score (nSPS) is 13.1. The molecule has 0 aliphatic rings. The molecule has 4 heteroatoms. The van der Waals surface area contributed by atoms with Crippen LogP contribution in [0.1, 0.15) is 19.0 Å². The predicted molar refractivity (Wildman–Crippen MR) is 54.9 cm³/mol. The number of nitrogens with one attached hydrogen (secondary N) is 1. The summed E-state index contributed by atoms with van der Waals surface area (Å²) in [5.41, 5.74) is 2.98. The van der Waals surface area contributed by atoms with Crippen LogP contribution in [0.2, 0.25) is 0 Å². The maximum atomic E-state index is 5.00. The van der Waals surface area contributed by atoms with Gasteiger partial charge in [0.25, 0.3) is 0 Å². The molecule has 1 unspecified atom stereocenters. The lowest BCUT2D eigenvalue weighted by atomic mass is 10.2. The number of hydrogen-bond acceptors (Lipinski definition) is 4. The van der Waals surface area contributed by atoms with Crippen LogP contribution < -0.4 is 5.32 Å². The molecule has 1 rings (SSSR count). The van der Waals surface area contributed by atoms with E-state index in [1.807, 2.05) is 5.51 Å². The van der Waals surface area contributed by atoms with E-state index in [0.717, 1.165) is 25.3 Å². The van der Waals surface area contributed by atoms with Gasteiger partial charge in [-0.1, -0.05) is 0 Å². The number of methoxy groups -OCH3 is 1. The second-order valence-electron chi connectivity index (χ2n) is 3.04. The fraction of sp³-hybridized carbons (Fsp3) is 0.667. The molecule has 0 spiro atoms. The Kier molecular flexibility index (Phi) is 4.97. The molecule has 13 heavy (non-hydrogen) atoms. The molecule has 0 saturated heterocycles. The minimum Gasteiger partial charge on any atom is -0.385 e. The summed E-state index contributed by atoms with van der Waals surface area (Å²) in [4.78, 5) is 4.19. The summed E-state index contributed by atoms with van der Waals surface area (Å²) < 4.78 is 5.00. The van der Waals surface area contributed by atoms with Gasteiger partial charge < -0.3 is 10.1 Å². The molecule has 3 nitrogen and oxygen atoms in total. The topological polar surface area (TPSA) is 34.1 Å². The molecule has 0 radical (unpaired) electrons. The van der Waals surface area contributed by atoms with Gasteiger partial charge >= 0.3 is 0 Å². The van der Waals surface area contributed by atoms with Crippen molar-refractivity contribution in [2.45, 2.75) is 25.9 Å². The van der Waals surface area contributed by atoms with E-state index in [2.05, 4.69) is 22.6 Å². The monoisotopic (exact) mass is 200 g/mol. The van der Waals surface area contributed by atoms with Crippen molar-refractivity contribution in [1.29, 1.82) is 0 Å². The summed E-state index contributed by atoms with van der Waals surface area (Å²) in [5, 5.41) is 5.45. The van der Waals surface area contributed by atoms with Crippen molar-refractivity contribution < 1.29 is 4.74 Å². The van der Waals surface area contributed by atoms with Crippen LogP contribution >= 0.6 is 11.3 Å². The minimum absolute atomic E-state index is 0.488. The molecule has 1 atom stereocenters. The van der Waals surface area contributed by atoms with E-state index in [0.29, 0.717) is 6.04 Å². The highest BCUT2D eigenvalue weighted by molar-refractivity contribution is 7.07. The van der Waals surface area contributed by atoms with Gasteiger partial charge in [-0.25, -0.2) is 4.98 Å². The van der Waals surface area contributed by atoms with Crippen molar-refractivity contribution in [3.05, 3.63) is 16.6 Å². The van der Waals surface area contributed by atoms with Gasteiger partial charge in [0.1, 0.15) is 0 Å². The number of thiazole rings is 1. The van der Waals surface area contributed by atoms with Crippen LogP contribution in [0.4, 0.5) is 0 Å². The fourth-order valence-corrected chi connectivity index (χ4v) is 1.56. The molecule has 74 valence electrons. The summed E-state index contributed by atoms with van der Waals surface area (Å²) in [6.07, 6.45) is 1.04. The van der Waals surface area contributed by atoms with Gasteiger partial charge in [-0.05, 0) is 13.3 Å².